The number of nitrogens with zero attached hydrogens (tertiary/aromatic N) is 4. The number of likely N-dealkylation sites (tertiary alicyclic amines) is 1. The normalized spacial score (nSPS) is 15.6. The number of amides is 1. The fraction of sp³-hybridized carbons (Fsp3) is 0.542. The van der Waals surface area contributed by atoms with Crippen molar-refractivity contribution in [1.29, 1.82) is 0 Å². The molecule has 1 saturated heterocycles. The fourth-order valence-corrected chi connectivity index (χ4v) is 3.59. The van der Waals surface area contributed by atoms with Crippen molar-refractivity contribution in [3.8, 4) is 0 Å². The summed E-state index contributed by atoms with van der Waals surface area (Å²) in [6, 6.07) is 10.3. The van der Waals surface area contributed by atoms with Crippen LogP contribution in [-0.4, -0.2) is 44.7 Å². The van der Waals surface area contributed by atoms with E-state index in [1.165, 1.54) is 5.56 Å². The van der Waals surface area contributed by atoms with Crippen LogP contribution < -0.4 is 0 Å². The minimum Gasteiger partial charge on any atom is -0.444 e. The number of aryl methyl sites for hydroxylation is 1. The maximum absolute atomic E-state index is 12.1. The lowest BCUT2D eigenvalue weighted by molar-refractivity contribution is 0.0197. The molecule has 30 heavy (non-hydrogen) atoms. The van der Waals surface area contributed by atoms with Crippen LogP contribution in [0.25, 0.3) is 0 Å². The average molecular weight is 411 g/mol. The van der Waals surface area contributed by atoms with Crippen molar-refractivity contribution in [2.75, 3.05) is 13.1 Å². The number of hydrogen-bond donors (Lipinski definition) is 0. The molecule has 0 radical (unpaired) electrons. The molecule has 0 bridgehead atoms. The van der Waals surface area contributed by atoms with Gasteiger partial charge in [-0.3, -0.25) is 0 Å². The zero-order valence-electron chi connectivity index (χ0n) is 18.5. The van der Waals surface area contributed by atoms with Gasteiger partial charge >= 0.3 is 6.09 Å². The Morgan fingerprint density at radius 3 is 2.63 bits per heavy atom. The number of hydrogen-bond acceptors (Lipinski definition) is 4. The van der Waals surface area contributed by atoms with E-state index in [4.69, 9.17) is 4.74 Å². The van der Waals surface area contributed by atoms with E-state index >= 15 is 0 Å². The predicted octanol–water partition coefficient (Wildman–Crippen LogP) is 4.85. The third-order valence-electron chi connectivity index (χ3n) is 5.18. The number of rotatable bonds is 7. The monoisotopic (exact) mass is 410 g/mol. The van der Waals surface area contributed by atoms with Crippen LogP contribution in [0.5, 0.6) is 0 Å². The molecule has 6 heteroatoms. The Balaban J connectivity index is 1.32. The number of allylic oxidation sites excluding steroid dienone is 2. The van der Waals surface area contributed by atoms with Crippen molar-refractivity contribution >= 4 is 6.09 Å². The SMILES string of the molecule is CC(C)(C)OC(=O)N1CCC(/C=C/CCCc2cn(Cc3ccccc3)nn2)CC1. The lowest BCUT2D eigenvalue weighted by Gasteiger charge is -2.32. The second-order valence-electron chi connectivity index (χ2n) is 9.02. The molecular formula is C24H34N4O2. The van der Waals surface area contributed by atoms with Crippen LogP contribution in [0.3, 0.4) is 0 Å². The lowest BCUT2D eigenvalue weighted by atomic mass is 9.96. The maximum atomic E-state index is 12.1. The van der Waals surface area contributed by atoms with Crippen molar-refractivity contribution in [3.63, 3.8) is 0 Å². The number of carbonyl (C=O) groups excluding carboxylic acids is 1. The summed E-state index contributed by atoms with van der Waals surface area (Å²) < 4.78 is 7.36. The minimum atomic E-state index is -0.430. The number of ether oxygens (including phenoxy) is 1. The summed E-state index contributed by atoms with van der Waals surface area (Å²) in [5.41, 5.74) is 1.85. The second kappa shape index (κ2) is 10.4. The summed E-state index contributed by atoms with van der Waals surface area (Å²) >= 11 is 0. The Morgan fingerprint density at radius 2 is 1.93 bits per heavy atom. The van der Waals surface area contributed by atoms with Gasteiger partial charge in [-0.2, -0.15) is 0 Å². The van der Waals surface area contributed by atoms with Crippen molar-refractivity contribution in [1.82, 2.24) is 19.9 Å². The van der Waals surface area contributed by atoms with Gasteiger partial charge in [0.25, 0.3) is 0 Å². The Bertz CT molecular complexity index is 815. The predicted molar refractivity (Wildman–Crippen MR) is 118 cm³/mol. The van der Waals surface area contributed by atoms with Crippen LogP contribution in [0.2, 0.25) is 0 Å². The number of unbranched alkanes of at least 4 members (excludes halogenated alkanes) is 1. The van der Waals surface area contributed by atoms with Crippen LogP contribution in [0, 0.1) is 5.92 Å². The average Bonchev–Trinajstić information content (AvgIpc) is 3.15. The summed E-state index contributed by atoms with van der Waals surface area (Å²) in [4.78, 5) is 14.0. The second-order valence-corrected chi connectivity index (χ2v) is 9.02. The van der Waals surface area contributed by atoms with Crippen LogP contribution in [0.15, 0.2) is 48.7 Å². The highest BCUT2D eigenvalue weighted by atomic mass is 16.6. The molecule has 0 unspecified atom stereocenters. The first-order valence-corrected chi connectivity index (χ1v) is 11.0. The largest absolute Gasteiger partial charge is 0.444 e. The molecule has 0 aliphatic carbocycles. The zero-order chi connectivity index (χ0) is 21.4. The highest BCUT2D eigenvalue weighted by Gasteiger charge is 2.25. The van der Waals surface area contributed by atoms with Gasteiger partial charge in [0, 0.05) is 19.3 Å². The van der Waals surface area contributed by atoms with Gasteiger partial charge in [0.15, 0.2) is 0 Å². The van der Waals surface area contributed by atoms with Crippen LogP contribution in [-0.2, 0) is 17.7 Å². The highest BCUT2D eigenvalue weighted by molar-refractivity contribution is 5.68. The van der Waals surface area contributed by atoms with E-state index in [9.17, 15) is 4.79 Å². The molecule has 0 N–H and O–H groups in total. The van der Waals surface area contributed by atoms with Crippen molar-refractivity contribution in [3.05, 3.63) is 59.9 Å². The van der Waals surface area contributed by atoms with E-state index in [1.807, 2.05) is 54.7 Å². The van der Waals surface area contributed by atoms with E-state index in [-0.39, 0.29) is 6.09 Å². The molecular weight excluding hydrogens is 376 g/mol. The van der Waals surface area contributed by atoms with Gasteiger partial charge in [0.2, 0.25) is 0 Å². The molecule has 0 saturated carbocycles. The summed E-state index contributed by atoms with van der Waals surface area (Å²) in [5.74, 6) is 0.551. The van der Waals surface area contributed by atoms with Gasteiger partial charge in [-0.25, -0.2) is 9.48 Å². The lowest BCUT2D eigenvalue weighted by Crippen LogP contribution is -2.41. The fourth-order valence-electron chi connectivity index (χ4n) is 3.59. The van der Waals surface area contributed by atoms with Crippen molar-refractivity contribution in [2.45, 2.75) is 65.0 Å². The third kappa shape index (κ3) is 7.32. The first kappa shape index (κ1) is 22.1. The van der Waals surface area contributed by atoms with Gasteiger partial charge < -0.3 is 9.64 Å². The highest BCUT2D eigenvalue weighted by Crippen LogP contribution is 2.21. The van der Waals surface area contributed by atoms with E-state index in [2.05, 4.69) is 34.6 Å². The molecule has 1 aromatic heterocycles. The molecule has 1 aliphatic heterocycles. The summed E-state index contributed by atoms with van der Waals surface area (Å²) in [6.45, 7) is 8.03. The molecule has 6 nitrogen and oxygen atoms in total. The van der Waals surface area contributed by atoms with E-state index in [0.717, 1.165) is 57.4 Å². The Hall–Kier alpha value is -2.63. The molecule has 162 valence electrons. The molecule has 2 heterocycles. The third-order valence-corrected chi connectivity index (χ3v) is 5.18. The number of piperidine rings is 1. The molecule has 0 spiro atoms. The molecule has 2 aromatic rings. The number of carbonyl (C=O) groups is 1. The quantitative estimate of drug-likeness (QED) is 0.483. The topological polar surface area (TPSA) is 60.2 Å². The van der Waals surface area contributed by atoms with Gasteiger partial charge in [-0.05, 0) is 64.4 Å². The first-order chi connectivity index (χ1) is 14.4. The molecule has 0 atom stereocenters. The van der Waals surface area contributed by atoms with Crippen LogP contribution in [0.4, 0.5) is 4.79 Å². The van der Waals surface area contributed by atoms with Crippen LogP contribution in [0.1, 0.15) is 57.7 Å². The van der Waals surface area contributed by atoms with Crippen molar-refractivity contribution in [2.24, 2.45) is 5.92 Å². The summed E-state index contributed by atoms with van der Waals surface area (Å²) in [5, 5.41) is 8.52. The molecule has 1 amide bonds. The van der Waals surface area contributed by atoms with Crippen molar-refractivity contribution < 1.29 is 9.53 Å². The number of aromatic nitrogens is 3. The van der Waals surface area contributed by atoms with E-state index in [1.54, 1.807) is 0 Å². The van der Waals surface area contributed by atoms with E-state index in [0.29, 0.717) is 5.92 Å². The van der Waals surface area contributed by atoms with Gasteiger partial charge in [-0.1, -0.05) is 47.7 Å². The van der Waals surface area contributed by atoms with Gasteiger partial charge in [-0.15, -0.1) is 5.10 Å². The standard InChI is InChI=1S/C24H34N4O2/c1-24(2,3)30-23(29)27-16-14-20(15-17-27)10-6-5-9-13-22-19-28(26-25-22)18-21-11-7-4-8-12-21/h4,6-8,10-12,19-20H,5,9,13-18H2,1-3H3/b10-6+. The molecule has 1 aliphatic rings. The number of benzene rings is 1. The zero-order valence-corrected chi connectivity index (χ0v) is 18.5. The van der Waals surface area contributed by atoms with Gasteiger partial charge in [0.05, 0.1) is 12.2 Å². The smallest absolute Gasteiger partial charge is 0.410 e. The summed E-state index contributed by atoms with van der Waals surface area (Å²) in [6.07, 6.45) is 11.5. The Morgan fingerprint density at radius 1 is 1.20 bits per heavy atom. The maximum Gasteiger partial charge on any atom is 0.410 e. The van der Waals surface area contributed by atoms with Gasteiger partial charge in [0.1, 0.15) is 5.60 Å². The minimum absolute atomic E-state index is 0.190. The first-order valence-electron chi connectivity index (χ1n) is 11.0. The Kier molecular flexibility index (Phi) is 7.66. The summed E-state index contributed by atoms with van der Waals surface area (Å²) in [7, 11) is 0. The molecule has 1 aromatic carbocycles. The van der Waals surface area contributed by atoms with E-state index < -0.39 is 5.60 Å². The van der Waals surface area contributed by atoms with Crippen LogP contribution >= 0.6 is 0 Å². The Labute approximate surface area is 179 Å². The molecule has 3 rings (SSSR count). The molecule has 1 fully saturated rings.